The van der Waals surface area contributed by atoms with Crippen LogP contribution in [0.1, 0.15) is 37.0 Å². The third kappa shape index (κ3) is 2.20. The van der Waals surface area contributed by atoms with Crippen molar-refractivity contribution in [2.75, 3.05) is 6.54 Å². The van der Waals surface area contributed by atoms with E-state index in [0.29, 0.717) is 21.5 Å². The lowest BCUT2D eigenvalue weighted by Crippen LogP contribution is -2.38. The molecule has 19 heavy (non-hydrogen) atoms. The van der Waals surface area contributed by atoms with Crippen molar-refractivity contribution in [1.82, 2.24) is 4.31 Å². The minimum Gasteiger partial charge on any atom is -0.206 e. The zero-order chi connectivity index (χ0) is 13.5. The van der Waals surface area contributed by atoms with Crippen LogP contribution >= 0.6 is 11.3 Å². The van der Waals surface area contributed by atoms with Crippen LogP contribution in [0.15, 0.2) is 16.3 Å². The van der Waals surface area contributed by atoms with E-state index >= 15 is 0 Å². The van der Waals surface area contributed by atoms with Crippen molar-refractivity contribution in [2.45, 2.75) is 42.4 Å². The first-order valence-electron chi connectivity index (χ1n) is 6.65. The van der Waals surface area contributed by atoms with Crippen molar-refractivity contribution in [3.05, 3.63) is 17.0 Å². The first kappa shape index (κ1) is 13.1. The molecule has 2 aliphatic rings. The molecule has 102 valence electrons. The fraction of sp³-hybridized carbons (Fsp3) is 0.615. The lowest BCUT2D eigenvalue weighted by atomic mass is 9.86. The highest BCUT2D eigenvalue weighted by Gasteiger charge is 2.42. The molecule has 1 aromatic heterocycles. The predicted octanol–water partition coefficient (Wildman–Crippen LogP) is 2.57. The summed E-state index contributed by atoms with van der Waals surface area (Å²) in [6.45, 7) is 0.636. The molecule has 0 aromatic carbocycles. The molecule has 0 radical (unpaired) electrons. The molecule has 0 spiro atoms. The Balaban J connectivity index is 1.90. The average Bonchev–Trinajstić information content (AvgIpc) is 3.06. The highest BCUT2D eigenvalue weighted by atomic mass is 32.2. The van der Waals surface area contributed by atoms with Crippen molar-refractivity contribution in [3.63, 3.8) is 0 Å². The Kier molecular flexibility index (Phi) is 3.37. The molecule has 1 aliphatic heterocycles. The second-order valence-corrected chi connectivity index (χ2v) is 8.45. The molecule has 0 bridgehead atoms. The summed E-state index contributed by atoms with van der Waals surface area (Å²) in [5.74, 6) is 0.541. The SMILES string of the molecule is N#Cc1ccc(S(=O)(=O)N2CCC3CCCCC32)s1. The Morgan fingerprint density at radius 1 is 1.26 bits per heavy atom. The zero-order valence-electron chi connectivity index (χ0n) is 10.6. The molecule has 4 nitrogen and oxygen atoms in total. The summed E-state index contributed by atoms with van der Waals surface area (Å²) in [5, 5.41) is 8.82. The topological polar surface area (TPSA) is 61.2 Å². The number of hydrogen-bond acceptors (Lipinski definition) is 4. The fourth-order valence-electron chi connectivity index (χ4n) is 3.30. The molecule has 6 heteroatoms. The molecule has 1 aromatic rings. The Bertz CT molecular complexity index is 615. The maximum absolute atomic E-state index is 12.6. The van der Waals surface area contributed by atoms with Crippen molar-refractivity contribution < 1.29 is 8.42 Å². The van der Waals surface area contributed by atoms with Crippen LogP contribution < -0.4 is 0 Å². The van der Waals surface area contributed by atoms with Crippen molar-refractivity contribution >= 4 is 21.4 Å². The van der Waals surface area contributed by atoms with Gasteiger partial charge in [-0.05, 0) is 37.3 Å². The Labute approximate surface area is 117 Å². The maximum atomic E-state index is 12.6. The average molecular weight is 296 g/mol. The standard InChI is InChI=1S/C13H16N2O2S2/c14-9-11-5-6-13(18-11)19(16,17)15-8-7-10-3-1-2-4-12(10)15/h5-6,10,12H,1-4,7-8H2. The molecule has 1 saturated heterocycles. The monoisotopic (exact) mass is 296 g/mol. The smallest absolute Gasteiger partial charge is 0.206 e. The van der Waals surface area contributed by atoms with E-state index in [0.717, 1.165) is 37.0 Å². The fourth-order valence-corrected chi connectivity index (χ4v) is 6.26. The summed E-state index contributed by atoms with van der Waals surface area (Å²) in [5.41, 5.74) is 0. The molecule has 1 aliphatic carbocycles. The van der Waals surface area contributed by atoms with E-state index < -0.39 is 10.0 Å². The Hall–Kier alpha value is -0.900. The third-order valence-corrected chi connectivity index (χ3v) is 7.60. The number of rotatable bonds is 2. The van der Waals surface area contributed by atoms with E-state index in [1.54, 1.807) is 16.4 Å². The quantitative estimate of drug-likeness (QED) is 0.842. The number of hydrogen-bond donors (Lipinski definition) is 0. The number of nitriles is 1. The summed E-state index contributed by atoms with van der Waals surface area (Å²) in [6.07, 6.45) is 5.49. The molecule has 0 N–H and O–H groups in total. The van der Waals surface area contributed by atoms with Gasteiger partial charge in [0.25, 0.3) is 10.0 Å². The molecule has 2 heterocycles. The maximum Gasteiger partial charge on any atom is 0.252 e. The Morgan fingerprint density at radius 2 is 2.05 bits per heavy atom. The predicted molar refractivity (Wildman–Crippen MR) is 73.3 cm³/mol. The second kappa shape index (κ2) is 4.89. The van der Waals surface area contributed by atoms with Crippen molar-refractivity contribution in [2.24, 2.45) is 5.92 Å². The molecule has 3 rings (SSSR count). The minimum absolute atomic E-state index is 0.186. The van der Waals surface area contributed by atoms with Gasteiger partial charge in [0.15, 0.2) is 0 Å². The van der Waals surface area contributed by atoms with E-state index in [9.17, 15) is 8.42 Å². The normalized spacial score (nSPS) is 27.9. The van der Waals surface area contributed by atoms with Gasteiger partial charge in [-0.25, -0.2) is 8.42 Å². The minimum atomic E-state index is -3.40. The number of thiophene rings is 1. The summed E-state index contributed by atoms with van der Waals surface area (Å²) in [6, 6.07) is 5.34. The lowest BCUT2D eigenvalue weighted by molar-refractivity contribution is 0.260. The largest absolute Gasteiger partial charge is 0.252 e. The van der Waals surface area contributed by atoms with Gasteiger partial charge in [-0.1, -0.05) is 12.8 Å². The van der Waals surface area contributed by atoms with Gasteiger partial charge in [0, 0.05) is 12.6 Å². The second-order valence-electron chi connectivity index (χ2n) is 5.25. The van der Waals surface area contributed by atoms with E-state index in [1.165, 1.54) is 6.42 Å². The van der Waals surface area contributed by atoms with Gasteiger partial charge in [-0.2, -0.15) is 9.57 Å². The van der Waals surface area contributed by atoms with Crippen LogP contribution in [-0.2, 0) is 10.0 Å². The van der Waals surface area contributed by atoms with Gasteiger partial charge in [0.1, 0.15) is 15.2 Å². The van der Waals surface area contributed by atoms with Crippen LogP contribution in [0.5, 0.6) is 0 Å². The third-order valence-electron chi connectivity index (χ3n) is 4.21. The molecule has 2 atom stereocenters. The van der Waals surface area contributed by atoms with E-state index in [1.807, 2.05) is 6.07 Å². The van der Waals surface area contributed by atoms with Crippen LogP contribution in [0.3, 0.4) is 0 Å². The highest BCUT2D eigenvalue weighted by Crippen LogP contribution is 2.40. The lowest BCUT2D eigenvalue weighted by Gasteiger charge is -2.30. The summed E-state index contributed by atoms with van der Waals surface area (Å²) in [7, 11) is -3.40. The Morgan fingerprint density at radius 3 is 2.79 bits per heavy atom. The van der Waals surface area contributed by atoms with Crippen LogP contribution in [0.2, 0.25) is 0 Å². The summed E-state index contributed by atoms with van der Waals surface area (Å²) >= 11 is 1.08. The molecule has 0 amide bonds. The van der Waals surface area contributed by atoms with E-state index in [-0.39, 0.29) is 6.04 Å². The molecule has 2 fully saturated rings. The van der Waals surface area contributed by atoms with Gasteiger partial charge < -0.3 is 0 Å². The first-order valence-corrected chi connectivity index (χ1v) is 8.90. The molecular formula is C13H16N2O2S2. The number of sulfonamides is 1. The number of nitrogens with zero attached hydrogens (tertiary/aromatic N) is 2. The van der Waals surface area contributed by atoms with Crippen LogP contribution in [0, 0.1) is 17.2 Å². The number of fused-ring (bicyclic) bond motifs is 1. The van der Waals surface area contributed by atoms with Crippen LogP contribution in [0.4, 0.5) is 0 Å². The van der Waals surface area contributed by atoms with E-state index in [2.05, 4.69) is 0 Å². The summed E-state index contributed by atoms with van der Waals surface area (Å²) in [4.78, 5) is 0.456. The molecular weight excluding hydrogens is 280 g/mol. The zero-order valence-corrected chi connectivity index (χ0v) is 12.2. The van der Waals surface area contributed by atoms with Crippen LogP contribution in [0.25, 0.3) is 0 Å². The van der Waals surface area contributed by atoms with Crippen LogP contribution in [-0.4, -0.2) is 25.3 Å². The molecule has 2 unspecified atom stereocenters. The van der Waals surface area contributed by atoms with Gasteiger partial charge >= 0.3 is 0 Å². The van der Waals surface area contributed by atoms with E-state index in [4.69, 9.17) is 5.26 Å². The van der Waals surface area contributed by atoms with Gasteiger partial charge in [-0.15, -0.1) is 11.3 Å². The van der Waals surface area contributed by atoms with Crippen molar-refractivity contribution in [1.29, 1.82) is 5.26 Å². The summed E-state index contributed by atoms with van der Waals surface area (Å²) < 4.78 is 27.3. The van der Waals surface area contributed by atoms with Gasteiger partial charge in [0.05, 0.1) is 0 Å². The first-order chi connectivity index (χ1) is 9.13. The highest BCUT2D eigenvalue weighted by molar-refractivity contribution is 7.91. The van der Waals surface area contributed by atoms with Crippen molar-refractivity contribution in [3.8, 4) is 6.07 Å². The molecule has 1 saturated carbocycles. The van der Waals surface area contributed by atoms with Gasteiger partial charge in [0.2, 0.25) is 0 Å². The van der Waals surface area contributed by atoms with Gasteiger partial charge in [-0.3, -0.25) is 0 Å².